The van der Waals surface area contributed by atoms with Crippen LogP contribution in [0.2, 0.25) is 0 Å². The molecule has 4 nitrogen and oxygen atoms in total. The van der Waals surface area contributed by atoms with E-state index in [0.29, 0.717) is 5.56 Å². The van der Waals surface area contributed by atoms with Crippen LogP contribution in [0.25, 0.3) is 5.69 Å². The van der Waals surface area contributed by atoms with E-state index in [0.717, 1.165) is 17.1 Å². The van der Waals surface area contributed by atoms with E-state index in [1.54, 1.807) is 6.21 Å². The average Bonchev–Trinajstić information content (AvgIpc) is 2.97. The molecule has 0 aliphatic rings. The predicted octanol–water partition coefficient (Wildman–Crippen LogP) is 3.69. The lowest BCUT2D eigenvalue weighted by Crippen LogP contribution is -2.17. The van der Waals surface area contributed by atoms with Crippen LogP contribution in [0.5, 0.6) is 0 Å². The molecule has 0 saturated heterocycles. The minimum atomic E-state index is -0.388. The molecule has 0 atom stereocenters. The van der Waals surface area contributed by atoms with Crippen molar-refractivity contribution in [2.75, 3.05) is 0 Å². The van der Waals surface area contributed by atoms with E-state index in [4.69, 9.17) is 0 Å². The first-order valence-corrected chi connectivity index (χ1v) is 7.48. The van der Waals surface area contributed by atoms with Gasteiger partial charge in [0.25, 0.3) is 5.91 Å². The van der Waals surface area contributed by atoms with Crippen LogP contribution in [0.4, 0.5) is 4.39 Å². The number of rotatable bonds is 4. The van der Waals surface area contributed by atoms with Crippen molar-refractivity contribution in [2.24, 2.45) is 5.10 Å². The monoisotopic (exact) mass is 321 g/mol. The van der Waals surface area contributed by atoms with Crippen molar-refractivity contribution in [1.29, 1.82) is 0 Å². The molecule has 5 heteroatoms. The number of carbonyl (C=O) groups excluding carboxylic acids is 1. The lowest BCUT2D eigenvalue weighted by Gasteiger charge is -2.08. The first-order valence-electron chi connectivity index (χ1n) is 7.48. The van der Waals surface area contributed by atoms with E-state index in [2.05, 4.69) is 10.5 Å². The van der Waals surface area contributed by atoms with Crippen LogP contribution in [0, 0.1) is 12.7 Å². The molecule has 0 unspecified atom stereocenters. The van der Waals surface area contributed by atoms with Crippen molar-refractivity contribution in [2.45, 2.75) is 6.92 Å². The second-order valence-corrected chi connectivity index (χ2v) is 5.28. The number of hydrogen-bond acceptors (Lipinski definition) is 2. The Labute approximate surface area is 139 Å². The van der Waals surface area contributed by atoms with E-state index in [1.807, 2.05) is 54.0 Å². The normalized spacial score (nSPS) is 10.9. The van der Waals surface area contributed by atoms with E-state index in [9.17, 15) is 9.18 Å². The Bertz CT molecular complexity index is 867. The minimum absolute atomic E-state index is 0.350. The largest absolute Gasteiger partial charge is 0.313 e. The Morgan fingerprint density at radius 1 is 1.04 bits per heavy atom. The van der Waals surface area contributed by atoms with Gasteiger partial charge in [0.15, 0.2) is 0 Å². The van der Waals surface area contributed by atoms with E-state index < -0.39 is 0 Å². The summed E-state index contributed by atoms with van der Waals surface area (Å²) in [6.45, 7) is 2.00. The number of nitrogens with zero attached hydrogens (tertiary/aromatic N) is 2. The third-order valence-electron chi connectivity index (χ3n) is 3.59. The van der Waals surface area contributed by atoms with Gasteiger partial charge in [0.05, 0.1) is 11.9 Å². The van der Waals surface area contributed by atoms with Crippen LogP contribution >= 0.6 is 0 Å². The molecule has 0 radical (unpaired) electrons. The smallest absolute Gasteiger partial charge is 0.271 e. The molecule has 1 amide bonds. The number of halogens is 1. The molecule has 3 rings (SSSR count). The molecular weight excluding hydrogens is 305 g/mol. The SMILES string of the molecule is Cc1ccc(/C=N/NC(=O)c2ccc(F)cc2)n1-c1ccccc1. The first-order chi connectivity index (χ1) is 11.6. The van der Waals surface area contributed by atoms with Crippen LogP contribution < -0.4 is 5.43 Å². The van der Waals surface area contributed by atoms with Crippen molar-refractivity contribution in [3.8, 4) is 5.69 Å². The highest BCUT2D eigenvalue weighted by atomic mass is 19.1. The molecular formula is C19H16FN3O. The Hall–Kier alpha value is -3.21. The zero-order chi connectivity index (χ0) is 16.9. The number of benzene rings is 2. The van der Waals surface area contributed by atoms with Crippen molar-refractivity contribution in [3.05, 3.63) is 89.5 Å². The fourth-order valence-electron chi connectivity index (χ4n) is 2.41. The highest BCUT2D eigenvalue weighted by Crippen LogP contribution is 2.15. The van der Waals surface area contributed by atoms with Gasteiger partial charge >= 0.3 is 0 Å². The maximum atomic E-state index is 12.9. The summed E-state index contributed by atoms with van der Waals surface area (Å²) in [4.78, 5) is 12.0. The molecule has 24 heavy (non-hydrogen) atoms. The number of hydrazone groups is 1. The van der Waals surface area contributed by atoms with Gasteiger partial charge in [-0.3, -0.25) is 4.79 Å². The van der Waals surface area contributed by atoms with Crippen LogP contribution in [0.1, 0.15) is 21.7 Å². The lowest BCUT2D eigenvalue weighted by molar-refractivity contribution is 0.0955. The molecule has 0 aliphatic heterocycles. The number of para-hydroxylation sites is 1. The number of nitrogens with one attached hydrogen (secondary N) is 1. The quantitative estimate of drug-likeness (QED) is 0.578. The van der Waals surface area contributed by atoms with Crippen LogP contribution in [0.15, 0.2) is 71.8 Å². The summed E-state index contributed by atoms with van der Waals surface area (Å²) in [7, 11) is 0. The second-order valence-electron chi connectivity index (χ2n) is 5.28. The molecule has 0 fully saturated rings. The fourth-order valence-corrected chi connectivity index (χ4v) is 2.41. The van der Waals surface area contributed by atoms with Gasteiger partial charge in [-0.2, -0.15) is 5.10 Å². The van der Waals surface area contributed by atoms with Gasteiger partial charge in [0.2, 0.25) is 0 Å². The first kappa shape index (κ1) is 15.7. The van der Waals surface area contributed by atoms with Gasteiger partial charge in [-0.15, -0.1) is 0 Å². The summed E-state index contributed by atoms with van der Waals surface area (Å²) < 4.78 is 14.9. The third kappa shape index (κ3) is 3.41. The van der Waals surface area contributed by atoms with Crippen molar-refractivity contribution in [3.63, 3.8) is 0 Å². The summed E-state index contributed by atoms with van der Waals surface area (Å²) >= 11 is 0. The van der Waals surface area contributed by atoms with Crippen molar-refractivity contribution >= 4 is 12.1 Å². The summed E-state index contributed by atoms with van der Waals surface area (Å²) in [6, 6.07) is 19.1. The molecule has 0 bridgehead atoms. The van der Waals surface area contributed by atoms with Gasteiger partial charge in [-0.05, 0) is 55.5 Å². The van der Waals surface area contributed by atoms with Gasteiger partial charge < -0.3 is 4.57 Å². The predicted molar refractivity (Wildman–Crippen MR) is 92.0 cm³/mol. The molecule has 1 heterocycles. The zero-order valence-corrected chi connectivity index (χ0v) is 13.1. The van der Waals surface area contributed by atoms with E-state index in [1.165, 1.54) is 24.3 Å². The summed E-state index contributed by atoms with van der Waals surface area (Å²) in [5.41, 5.74) is 5.73. The Balaban J connectivity index is 1.76. The Morgan fingerprint density at radius 3 is 2.46 bits per heavy atom. The standard InChI is InChI=1S/C19H16FN3O/c1-14-7-12-18(23(14)17-5-3-2-4-6-17)13-21-22-19(24)15-8-10-16(20)11-9-15/h2-13H,1H3,(H,22,24)/b21-13+. The molecule has 120 valence electrons. The van der Waals surface area contributed by atoms with E-state index in [-0.39, 0.29) is 11.7 Å². The number of hydrogen-bond donors (Lipinski definition) is 1. The second kappa shape index (κ2) is 6.91. The zero-order valence-electron chi connectivity index (χ0n) is 13.1. The van der Waals surface area contributed by atoms with Gasteiger partial charge in [0, 0.05) is 16.9 Å². The number of amides is 1. The topological polar surface area (TPSA) is 46.4 Å². The molecule has 1 N–H and O–H groups in total. The molecule has 1 aromatic heterocycles. The molecule has 0 saturated carbocycles. The molecule has 0 aliphatic carbocycles. The van der Waals surface area contributed by atoms with Crippen LogP contribution in [-0.4, -0.2) is 16.7 Å². The fraction of sp³-hybridized carbons (Fsp3) is 0.0526. The number of aryl methyl sites for hydroxylation is 1. The number of aromatic nitrogens is 1. The van der Waals surface area contributed by atoms with Gasteiger partial charge in [-0.1, -0.05) is 18.2 Å². The molecule has 3 aromatic rings. The molecule has 2 aromatic carbocycles. The van der Waals surface area contributed by atoms with Crippen molar-refractivity contribution < 1.29 is 9.18 Å². The lowest BCUT2D eigenvalue weighted by atomic mass is 10.2. The van der Waals surface area contributed by atoms with Crippen LogP contribution in [-0.2, 0) is 0 Å². The third-order valence-corrected chi connectivity index (χ3v) is 3.59. The maximum Gasteiger partial charge on any atom is 0.271 e. The summed E-state index contributed by atoms with van der Waals surface area (Å²) in [5, 5.41) is 4.00. The van der Waals surface area contributed by atoms with Crippen LogP contribution in [0.3, 0.4) is 0 Å². The Kier molecular flexibility index (Phi) is 4.52. The Morgan fingerprint density at radius 2 is 1.75 bits per heavy atom. The summed E-state index contributed by atoms with van der Waals surface area (Å²) in [5.74, 6) is -0.771. The maximum absolute atomic E-state index is 12.9. The highest BCUT2D eigenvalue weighted by Gasteiger charge is 2.06. The average molecular weight is 321 g/mol. The molecule has 0 spiro atoms. The minimum Gasteiger partial charge on any atom is -0.313 e. The summed E-state index contributed by atoms with van der Waals surface area (Å²) in [6.07, 6.45) is 1.58. The van der Waals surface area contributed by atoms with Crippen molar-refractivity contribution in [1.82, 2.24) is 9.99 Å². The van der Waals surface area contributed by atoms with Gasteiger partial charge in [-0.25, -0.2) is 9.82 Å². The number of carbonyl (C=O) groups is 1. The highest BCUT2D eigenvalue weighted by molar-refractivity contribution is 5.94. The van der Waals surface area contributed by atoms with Gasteiger partial charge in [0.1, 0.15) is 5.82 Å². The van der Waals surface area contributed by atoms with E-state index >= 15 is 0 Å².